The molecular weight excluding hydrogens is 290 g/mol. The fourth-order valence-electron chi connectivity index (χ4n) is 2.55. The molecule has 0 amide bonds. The van der Waals surface area contributed by atoms with Gasteiger partial charge in [-0.05, 0) is 35.0 Å². The van der Waals surface area contributed by atoms with Crippen LogP contribution < -0.4 is 5.32 Å². The quantitative estimate of drug-likeness (QED) is 0.725. The number of rotatable bonds is 8. The average Bonchev–Trinajstić information content (AvgIpc) is 2.71. The third-order valence-corrected chi connectivity index (χ3v) is 5.60. The van der Waals surface area contributed by atoms with Gasteiger partial charge in [0, 0.05) is 25.7 Å². The molecule has 0 saturated carbocycles. The van der Waals surface area contributed by atoms with Gasteiger partial charge in [-0.3, -0.25) is 5.10 Å². The minimum absolute atomic E-state index is 0.105. The summed E-state index contributed by atoms with van der Waals surface area (Å²) in [5.41, 5.74) is 1.11. The summed E-state index contributed by atoms with van der Waals surface area (Å²) in [4.78, 5) is 2.28. The second-order valence-corrected chi connectivity index (χ2v) is 7.30. The van der Waals surface area contributed by atoms with Gasteiger partial charge in [0.2, 0.25) is 10.0 Å². The number of nitrogens with one attached hydrogen (secondary N) is 2. The minimum atomic E-state index is -3.56. The number of aromatic amines is 1. The van der Waals surface area contributed by atoms with Crippen molar-refractivity contribution in [3.05, 3.63) is 11.4 Å². The van der Waals surface area contributed by atoms with Gasteiger partial charge in [-0.1, -0.05) is 6.92 Å². The molecule has 1 unspecified atom stereocenters. The van der Waals surface area contributed by atoms with E-state index in [1.54, 1.807) is 14.0 Å². The molecule has 0 aromatic carbocycles. The molecule has 122 valence electrons. The van der Waals surface area contributed by atoms with E-state index in [-0.39, 0.29) is 6.04 Å². The normalized spacial score (nSPS) is 14.1. The lowest BCUT2D eigenvalue weighted by Crippen LogP contribution is -2.44. The van der Waals surface area contributed by atoms with E-state index in [0.29, 0.717) is 35.9 Å². The van der Waals surface area contributed by atoms with Crippen LogP contribution in [0.5, 0.6) is 0 Å². The Labute approximate surface area is 127 Å². The topological polar surface area (TPSA) is 81.3 Å². The molecule has 0 aliphatic carbocycles. The van der Waals surface area contributed by atoms with Gasteiger partial charge in [0.25, 0.3) is 0 Å². The largest absolute Gasteiger partial charge is 0.314 e. The number of nitrogens with zero attached hydrogens (tertiary/aromatic N) is 3. The summed E-state index contributed by atoms with van der Waals surface area (Å²) in [6.45, 7) is 7.04. The molecule has 0 radical (unpaired) electrons. The lowest BCUT2D eigenvalue weighted by molar-refractivity contribution is 0.271. The third-order valence-electron chi connectivity index (χ3n) is 3.30. The second-order valence-electron chi connectivity index (χ2n) is 5.47. The molecule has 21 heavy (non-hydrogen) atoms. The van der Waals surface area contributed by atoms with Crippen molar-refractivity contribution in [2.45, 2.75) is 38.3 Å². The number of aromatic nitrogens is 2. The van der Waals surface area contributed by atoms with Gasteiger partial charge in [0.1, 0.15) is 4.90 Å². The monoisotopic (exact) mass is 317 g/mol. The van der Waals surface area contributed by atoms with Gasteiger partial charge < -0.3 is 10.2 Å². The first-order chi connectivity index (χ1) is 9.75. The van der Waals surface area contributed by atoms with E-state index >= 15 is 0 Å². The van der Waals surface area contributed by atoms with Crippen LogP contribution in [-0.4, -0.2) is 68.1 Å². The Bertz CT molecular complexity index is 553. The molecule has 1 atom stereocenters. The van der Waals surface area contributed by atoms with E-state index in [9.17, 15) is 8.42 Å². The van der Waals surface area contributed by atoms with Gasteiger partial charge in [-0.25, -0.2) is 8.42 Å². The number of aryl methyl sites for hydroxylation is 1. The lowest BCUT2D eigenvalue weighted by atomic mass is 10.3. The minimum Gasteiger partial charge on any atom is -0.314 e. The van der Waals surface area contributed by atoms with Crippen molar-refractivity contribution in [2.75, 3.05) is 34.2 Å². The Kier molecular flexibility index (Phi) is 6.33. The predicted octanol–water partition coefficient (Wildman–Crippen LogP) is 0.398. The van der Waals surface area contributed by atoms with Gasteiger partial charge in [0.15, 0.2) is 0 Å². The van der Waals surface area contributed by atoms with Crippen molar-refractivity contribution in [3.63, 3.8) is 0 Å². The molecule has 0 bridgehead atoms. The summed E-state index contributed by atoms with van der Waals surface area (Å²) in [5, 5.41) is 9.84. The number of hydrogen-bond acceptors (Lipinski definition) is 5. The summed E-state index contributed by atoms with van der Waals surface area (Å²) in [5.74, 6) is 0. The van der Waals surface area contributed by atoms with E-state index in [4.69, 9.17) is 0 Å². The first-order valence-electron chi connectivity index (χ1n) is 7.10. The zero-order valence-corrected chi connectivity index (χ0v) is 14.6. The average molecular weight is 317 g/mol. The number of H-pyrrole nitrogens is 1. The number of likely N-dealkylation sites (N-methyl/N-ethyl adjacent to an activating group) is 2. The summed E-state index contributed by atoms with van der Waals surface area (Å²) < 4.78 is 27.5. The Hall–Kier alpha value is -0.960. The van der Waals surface area contributed by atoms with Gasteiger partial charge in [-0.15, -0.1) is 0 Å². The molecule has 2 N–H and O–H groups in total. The first-order valence-corrected chi connectivity index (χ1v) is 8.54. The molecular formula is C13H27N5O2S. The van der Waals surface area contributed by atoms with Crippen LogP contribution in [0.25, 0.3) is 0 Å². The molecule has 0 fully saturated rings. The molecule has 1 aromatic heterocycles. The molecule has 7 nitrogen and oxygen atoms in total. The standard InChI is InChI=1S/C13H27N5O2S/c1-7-18(10(2)9-17(5)6)21(19,20)13-11(3)15-16-12(13)8-14-4/h10,14H,7-9H2,1-6H3,(H,15,16). The van der Waals surface area contributed by atoms with Crippen LogP contribution in [0.3, 0.4) is 0 Å². The van der Waals surface area contributed by atoms with Crippen molar-refractivity contribution in [2.24, 2.45) is 0 Å². The Morgan fingerprint density at radius 1 is 1.38 bits per heavy atom. The zero-order valence-electron chi connectivity index (χ0n) is 13.8. The van der Waals surface area contributed by atoms with E-state index in [1.165, 1.54) is 4.31 Å². The van der Waals surface area contributed by atoms with Gasteiger partial charge >= 0.3 is 0 Å². The highest BCUT2D eigenvalue weighted by Gasteiger charge is 2.32. The summed E-state index contributed by atoms with van der Waals surface area (Å²) in [7, 11) is 2.08. The molecule has 0 aliphatic heterocycles. The fourth-order valence-corrected chi connectivity index (χ4v) is 4.52. The summed E-state index contributed by atoms with van der Waals surface area (Å²) in [6, 6.07) is -0.105. The molecule has 1 rings (SSSR count). The Morgan fingerprint density at radius 2 is 2.00 bits per heavy atom. The highest BCUT2D eigenvalue weighted by molar-refractivity contribution is 7.89. The maximum Gasteiger partial charge on any atom is 0.247 e. The van der Waals surface area contributed by atoms with E-state index in [0.717, 1.165) is 0 Å². The zero-order chi connectivity index (χ0) is 16.2. The molecule has 0 saturated heterocycles. The van der Waals surface area contributed by atoms with Crippen LogP contribution in [-0.2, 0) is 16.6 Å². The molecule has 8 heteroatoms. The second kappa shape index (κ2) is 7.35. The van der Waals surface area contributed by atoms with Crippen LogP contribution in [0.1, 0.15) is 25.2 Å². The van der Waals surface area contributed by atoms with E-state index in [1.807, 2.05) is 32.8 Å². The van der Waals surface area contributed by atoms with Crippen LogP contribution in [0.15, 0.2) is 4.90 Å². The van der Waals surface area contributed by atoms with Crippen LogP contribution in [0, 0.1) is 6.92 Å². The van der Waals surface area contributed by atoms with Gasteiger partial charge in [0.05, 0.1) is 11.4 Å². The van der Waals surface area contributed by atoms with E-state index < -0.39 is 10.0 Å². The van der Waals surface area contributed by atoms with Crippen LogP contribution in [0.4, 0.5) is 0 Å². The third kappa shape index (κ3) is 4.03. The van der Waals surface area contributed by atoms with Gasteiger partial charge in [-0.2, -0.15) is 9.40 Å². The van der Waals surface area contributed by atoms with Crippen LogP contribution >= 0.6 is 0 Å². The predicted molar refractivity (Wildman–Crippen MR) is 83.7 cm³/mol. The van der Waals surface area contributed by atoms with E-state index in [2.05, 4.69) is 15.5 Å². The molecule has 0 aliphatic rings. The highest BCUT2D eigenvalue weighted by atomic mass is 32.2. The van der Waals surface area contributed by atoms with Crippen molar-refractivity contribution in [1.82, 2.24) is 24.7 Å². The maximum absolute atomic E-state index is 13.0. The summed E-state index contributed by atoms with van der Waals surface area (Å²) in [6.07, 6.45) is 0. The lowest BCUT2D eigenvalue weighted by Gasteiger charge is -2.29. The van der Waals surface area contributed by atoms with Crippen molar-refractivity contribution in [3.8, 4) is 0 Å². The Balaban J connectivity index is 3.22. The summed E-state index contributed by atoms with van der Waals surface area (Å²) >= 11 is 0. The Morgan fingerprint density at radius 3 is 2.48 bits per heavy atom. The molecule has 1 aromatic rings. The SMILES string of the molecule is CCN(C(C)CN(C)C)S(=O)(=O)c1c(CNC)n[nH]c1C. The first kappa shape index (κ1) is 18.1. The number of hydrogen-bond donors (Lipinski definition) is 2. The van der Waals surface area contributed by atoms with Crippen molar-refractivity contribution < 1.29 is 8.42 Å². The highest BCUT2D eigenvalue weighted by Crippen LogP contribution is 2.24. The van der Waals surface area contributed by atoms with Crippen LogP contribution in [0.2, 0.25) is 0 Å². The smallest absolute Gasteiger partial charge is 0.247 e. The van der Waals surface area contributed by atoms with Crippen molar-refractivity contribution >= 4 is 10.0 Å². The maximum atomic E-state index is 13.0. The fraction of sp³-hybridized carbons (Fsp3) is 0.769. The molecule has 0 spiro atoms. The molecule has 1 heterocycles. The van der Waals surface area contributed by atoms with Crippen molar-refractivity contribution in [1.29, 1.82) is 0 Å². The number of sulfonamides is 1.